The van der Waals surface area contributed by atoms with E-state index < -0.39 is 11.7 Å². The molecule has 4 aromatic rings. The average molecular weight is 339 g/mol. The molecule has 0 saturated carbocycles. The largest absolute Gasteiger partial charge is 0.491 e. The lowest BCUT2D eigenvalue weighted by molar-refractivity contribution is 0.409. The Morgan fingerprint density at radius 3 is 2.80 bits per heavy atom. The van der Waals surface area contributed by atoms with Crippen molar-refractivity contribution in [3.05, 3.63) is 71.9 Å². The summed E-state index contributed by atoms with van der Waals surface area (Å²) in [7, 11) is 0. The summed E-state index contributed by atoms with van der Waals surface area (Å²) in [5, 5.41) is 9.46. The lowest BCUT2D eigenvalue weighted by atomic mass is 10.1. The van der Waals surface area contributed by atoms with E-state index in [1.807, 2.05) is 0 Å². The van der Waals surface area contributed by atoms with Crippen LogP contribution in [-0.4, -0.2) is 29.4 Å². The molecule has 1 N–H and O–H groups in total. The van der Waals surface area contributed by atoms with E-state index in [9.17, 15) is 13.9 Å². The third kappa shape index (κ3) is 2.89. The topological polar surface area (TPSA) is 76.2 Å². The summed E-state index contributed by atoms with van der Waals surface area (Å²) in [6, 6.07) is 6.21. The number of aromatic nitrogens is 5. The fourth-order valence-electron chi connectivity index (χ4n) is 2.54. The molecule has 4 rings (SSSR count). The van der Waals surface area contributed by atoms with Gasteiger partial charge in [-0.2, -0.15) is 9.37 Å². The number of nitrogens with zero attached hydrogens (tertiary/aromatic N) is 5. The number of halogens is 2. The Bertz CT molecular complexity index is 1080. The normalized spacial score (nSPS) is 11.1. The highest BCUT2D eigenvalue weighted by molar-refractivity contribution is 5.55. The zero-order valence-electron chi connectivity index (χ0n) is 12.8. The molecule has 0 fully saturated rings. The standard InChI is InChI=1S/C17H11F2N5O/c18-11-3-1-2-10(6-11)7-13-16-20-4-5-24(16)9-14(22-13)15-21-8-12(19)17(25)23-15/h1-6,8-9H,7H2,(H,21,23,25). The maximum absolute atomic E-state index is 13.4. The van der Waals surface area contributed by atoms with Crippen molar-refractivity contribution in [1.82, 2.24) is 24.3 Å². The van der Waals surface area contributed by atoms with Crippen LogP contribution in [0.15, 0.2) is 49.1 Å². The van der Waals surface area contributed by atoms with Crippen LogP contribution in [0.3, 0.4) is 0 Å². The molecule has 124 valence electrons. The molecule has 0 atom stereocenters. The predicted molar refractivity (Wildman–Crippen MR) is 84.8 cm³/mol. The summed E-state index contributed by atoms with van der Waals surface area (Å²) >= 11 is 0. The van der Waals surface area contributed by atoms with E-state index in [-0.39, 0.29) is 11.6 Å². The van der Waals surface area contributed by atoms with Crippen LogP contribution in [0.25, 0.3) is 17.2 Å². The lowest BCUT2D eigenvalue weighted by Gasteiger charge is -2.07. The Balaban J connectivity index is 1.83. The van der Waals surface area contributed by atoms with Crippen molar-refractivity contribution < 1.29 is 13.9 Å². The van der Waals surface area contributed by atoms with Crippen LogP contribution >= 0.6 is 0 Å². The van der Waals surface area contributed by atoms with Gasteiger partial charge in [-0.05, 0) is 17.7 Å². The Labute approximate surface area is 140 Å². The van der Waals surface area contributed by atoms with Gasteiger partial charge >= 0.3 is 0 Å². The van der Waals surface area contributed by atoms with Crippen LogP contribution in [0, 0.1) is 11.6 Å². The monoisotopic (exact) mass is 339 g/mol. The molecule has 0 amide bonds. The number of rotatable bonds is 3. The summed E-state index contributed by atoms with van der Waals surface area (Å²) < 4.78 is 28.3. The minimum atomic E-state index is -0.910. The molecule has 1 aromatic carbocycles. The predicted octanol–water partition coefficient (Wildman–Crippen LogP) is 2.76. The first-order chi connectivity index (χ1) is 12.1. The van der Waals surface area contributed by atoms with Gasteiger partial charge in [0.1, 0.15) is 11.5 Å². The first-order valence-corrected chi connectivity index (χ1v) is 7.39. The van der Waals surface area contributed by atoms with Gasteiger partial charge in [-0.25, -0.2) is 19.3 Å². The summed E-state index contributed by atoms with van der Waals surface area (Å²) in [6.45, 7) is 0. The molecule has 25 heavy (non-hydrogen) atoms. The van der Waals surface area contributed by atoms with E-state index in [1.54, 1.807) is 35.1 Å². The lowest BCUT2D eigenvalue weighted by Crippen LogP contribution is -2.03. The van der Waals surface area contributed by atoms with E-state index >= 15 is 0 Å². The third-order valence-corrected chi connectivity index (χ3v) is 3.66. The maximum atomic E-state index is 13.4. The van der Waals surface area contributed by atoms with Crippen LogP contribution in [0.1, 0.15) is 11.3 Å². The Hall–Kier alpha value is -3.42. The van der Waals surface area contributed by atoms with E-state index in [0.717, 1.165) is 11.8 Å². The Morgan fingerprint density at radius 1 is 1.12 bits per heavy atom. The van der Waals surface area contributed by atoms with Gasteiger partial charge in [0.15, 0.2) is 11.5 Å². The highest BCUT2D eigenvalue weighted by Gasteiger charge is 2.14. The van der Waals surface area contributed by atoms with Crippen LogP contribution in [0.5, 0.6) is 5.88 Å². The maximum Gasteiger partial charge on any atom is 0.251 e. The van der Waals surface area contributed by atoms with E-state index in [0.29, 0.717) is 23.5 Å². The molecule has 0 aliphatic heterocycles. The van der Waals surface area contributed by atoms with Crippen molar-refractivity contribution >= 4 is 5.65 Å². The minimum absolute atomic E-state index is 0.0787. The molecule has 0 bridgehead atoms. The van der Waals surface area contributed by atoms with E-state index in [2.05, 4.69) is 19.9 Å². The molecule has 0 spiro atoms. The van der Waals surface area contributed by atoms with Crippen molar-refractivity contribution in [3.63, 3.8) is 0 Å². The highest BCUT2D eigenvalue weighted by atomic mass is 19.1. The number of imidazole rings is 1. The van der Waals surface area contributed by atoms with Gasteiger partial charge in [0.25, 0.3) is 5.88 Å². The summed E-state index contributed by atoms with van der Waals surface area (Å²) in [5.41, 5.74) is 2.27. The number of aromatic hydroxyl groups is 1. The van der Waals surface area contributed by atoms with Gasteiger partial charge < -0.3 is 9.51 Å². The Kier molecular flexibility index (Phi) is 3.57. The molecule has 0 saturated heterocycles. The number of fused-ring (bicyclic) bond motifs is 1. The summed E-state index contributed by atoms with van der Waals surface area (Å²) in [4.78, 5) is 16.3. The molecule has 3 heterocycles. The molecular weight excluding hydrogens is 328 g/mol. The van der Waals surface area contributed by atoms with Gasteiger partial charge in [0, 0.05) is 25.0 Å². The van der Waals surface area contributed by atoms with Crippen molar-refractivity contribution in [3.8, 4) is 17.4 Å². The molecule has 0 aliphatic carbocycles. The average Bonchev–Trinajstić information content (AvgIpc) is 3.06. The summed E-state index contributed by atoms with van der Waals surface area (Å²) in [6.07, 6.45) is 6.19. The van der Waals surface area contributed by atoms with Gasteiger partial charge in [-0.3, -0.25) is 0 Å². The highest BCUT2D eigenvalue weighted by Crippen LogP contribution is 2.21. The first-order valence-electron chi connectivity index (χ1n) is 7.39. The molecule has 0 radical (unpaired) electrons. The van der Waals surface area contributed by atoms with E-state index in [1.165, 1.54) is 12.1 Å². The van der Waals surface area contributed by atoms with Crippen LogP contribution in [0.2, 0.25) is 0 Å². The fourth-order valence-corrected chi connectivity index (χ4v) is 2.54. The van der Waals surface area contributed by atoms with E-state index in [4.69, 9.17) is 0 Å². The van der Waals surface area contributed by atoms with Crippen LogP contribution in [0.4, 0.5) is 8.78 Å². The third-order valence-electron chi connectivity index (χ3n) is 3.66. The van der Waals surface area contributed by atoms with Gasteiger partial charge in [0.05, 0.1) is 11.9 Å². The summed E-state index contributed by atoms with van der Waals surface area (Å²) in [5.74, 6) is -1.91. The van der Waals surface area contributed by atoms with Gasteiger partial charge in [0.2, 0.25) is 5.82 Å². The molecule has 6 nitrogen and oxygen atoms in total. The van der Waals surface area contributed by atoms with Crippen molar-refractivity contribution in [1.29, 1.82) is 0 Å². The quantitative estimate of drug-likeness (QED) is 0.621. The van der Waals surface area contributed by atoms with Crippen molar-refractivity contribution in [2.75, 3.05) is 0 Å². The van der Waals surface area contributed by atoms with Crippen molar-refractivity contribution in [2.24, 2.45) is 0 Å². The number of hydrogen-bond acceptors (Lipinski definition) is 5. The molecule has 3 aromatic heterocycles. The van der Waals surface area contributed by atoms with Gasteiger partial charge in [-0.15, -0.1) is 0 Å². The van der Waals surface area contributed by atoms with Gasteiger partial charge in [-0.1, -0.05) is 12.1 Å². The number of hydrogen-bond donors (Lipinski definition) is 1. The molecular formula is C17H11F2N5O. The number of benzene rings is 1. The van der Waals surface area contributed by atoms with Crippen LogP contribution in [-0.2, 0) is 6.42 Å². The Morgan fingerprint density at radius 2 is 2.00 bits per heavy atom. The second-order valence-electron chi connectivity index (χ2n) is 5.40. The molecule has 0 unspecified atom stereocenters. The fraction of sp³-hybridized carbons (Fsp3) is 0.0588. The zero-order chi connectivity index (χ0) is 17.4. The zero-order valence-corrected chi connectivity index (χ0v) is 12.8. The second kappa shape index (κ2) is 5.90. The first kappa shape index (κ1) is 15.1. The minimum Gasteiger partial charge on any atom is -0.491 e. The second-order valence-corrected chi connectivity index (χ2v) is 5.40. The smallest absolute Gasteiger partial charge is 0.251 e. The molecule has 8 heteroatoms. The molecule has 0 aliphatic rings. The van der Waals surface area contributed by atoms with Crippen molar-refractivity contribution in [2.45, 2.75) is 6.42 Å². The SMILES string of the molecule is Oc1nc(-c2cn3ccnc3c(Cc3cccc(F)c3)n2)ncc1F. The van der Waals surface area contributed by atoms with Crippen LogP contribution < -0.4 is 0 Å².